The first-order chi connectivity index (χ1) is 10.1. The zero-order chi connectivity index (χ0) is 15.0. The highest BCUT2D eigenvalue weighted by Gasteiger charge is 2.22. The molecule has 5 heteroatoms. The first-order valence-corrected chi connectivity index (χ1v) is 7.19. The van der Waals surface area contributed by atoms with Crippen LogP contribution in [0.25, 0.3) is 11.1 Å². The molecule has 1 aromatic heterocycles. The average Bonchev–Trinajstić information content (AvgIpc) is 2.90. The Morgan fingerprint density at radius 2 is 2.24 bits per heavy atom. The van der Waals surface area contributed by atoms with Crippen molar-refractivity contribution in [2.45, 2.75) is 26.3 Å². The molecule has 0 atom stereocenters. The summed E-state index contributed by atoms with van der Waals surface area (Å²) < 4.78 is 5.26. The molecule has 0 fully saturated rings. The summed E-state index contributed by atoms with van der Waals surface area (Å²) in [6.45, 7) is 3.98. The first-order valence-electron chi connectivity index (χ1n) is 7.19. The summed E-state index contributed by atoms with van der Waals surface area (Å²) in [4.78, 5) is 13.8. The number of carbonyl (C=O) groups excluding carboxylic acids is 1. The molecule has 0 saturated carbocycles. The number of carbonyl (C=O) groups is 1. The highest BCUT2D eigenvalue weighted by atomic mass is 16.5. The van der Waals surface area contributed by atoms with Gasteiger partial charge in [0.15, 0.2) is 5.69 Å². The minimum absolute atomic E-state index is 0.222. The third kappa shape index (κ3) is 2.45. The van der Waals surface area contributed by atoms with Gasteiger partial charge in [-0.15, -0.1) is 0 Å². The molecule has 3 rings (SSSR count). The fraction of sp³-hybridized carbons (Fsp3) is 0.375. The fourth-order valence-corrected chi connectivity index (χ4v) is 2.88. The molecule has 0 saturated heterocycles. The third-order valence-electron chi connectivity index (χ3n) is 4.02. The van der Waals surface area contributed by atoms with Crippen LogP contribution in [0.15, 0.2) is 22.7 Å². The number of likely N-dealkylation sites (N-methyl/N-ethyl adjacent to an activating group) is 1. The summed E-state index contributed by atoms with van der Waals surface area (Å²) in [5.41, 5.74) is 9.99. The van der Waals surface area contributed by atoms with Gasteiger partial charge in [0.1, 0.15) is 5.76 Å². The molecule has 21 heavy (non-hydrogen) atoms. The van der Waals surface area contributed by atoms with Crippen molar-refractivity contribution in [3.8, 4) is 11.1 Å². The third-order valence-corrected chi connectivity index (χ3v) is 4.02. The lowest BCUT2D eigenvalue weighted by molar-refractivity contribution is 0.0992. The Morgan fingerprint density at radius 3 is 2.95 bits per heavy atom. The predicted molar refractivity (Wildman–Crippen MR) is 79.9 cm³/mol. The molecule has 1 aromatic carbocycles. The minimum Gasteiger partial charge on any atom is -0.364 e. The van der Waals surface area contributed by atoms with Gasteiger partial charge in [-0.3, -0.25) is 4.79 Å². The highest BCUT2D eigenvalue weighted by Crippen LogP contribution is 2.31. The maximum Gasteiger partial charge on any atom is 0.271 e. The Balaban J connectivity index is 2.09. The maximum absolute atomic E-state index is 11.5. The molecule has 5 nitrogen and oxygen atoms in total. The summed E-state index contributed by atoms with van der Waals surface area (Å²) in [6, 6.07) is 6.29. The largest absolute Gasteiger partial charge is 0.364 e. The average molecular weight is 285 g/mol. The predicted octanol–water partition coefficient (Wildman–Crippen LogP) is 1.99. The lowest BCUT2D eigenvalue weighted by Gasteiger charge is -2.25. The van der Waals surface area contributed by atoms with E-state index in [1.165, 1.54) is 11.1 Å². The van der Waals surface area contributed by atoms with E-state index in [0.29, 0.717) is 12.2 Å². The van der Waals surface area contributed by atoms with Crippen molar-refractivity contribution in [3.63, 3.8) is 0 Å². The maximum atomic E-state index is 11.5. The van der Waals surface area contributed by atoms with Gasteiger partial charge in [-0.2, -0.15) is 0 Å². The first kappa shape index (κ1) is 13.8. The number of amides is 1. The highest BCUT2D eigenvalue weighted by molar-refractivity contribution is 5.98. The molecule has 1 aliphatic rings. The lowest BCUT2D eigenvalue weighted by atomic mass is 9.93. The zero-order valence-electron chi connectivity index (χ0n) is 12.3. The number of rotatable bonds is 3. The van der Waals surface area contributed by atoms with Crippen molar-refractivity contribution in [2.24, 2.45) is 5.73 Å². The lowest BCUT2D eigenvalue weighted by Crippen LogP contribution is -2.26. The zero-order valence-corrected chi connectivity index (χ0v) is 12.3. The topological polar surface area (TPSA) is 72.4 Å². The van der Waals surface area contributed by atoms with Gasteiger partial charge in [-0.05, 0) is 30.2 Å². The number of aromatic nitrogens is 1. The van der Waals surface area contributed by atoms with Gasteiger partial charge in [0, 0.05) is 19.5 Å². The molecular weight excluding hydrogens is 266 g/mol. The van der Waals surface area contributed by atoms with E-state index in [-0.39, 0.29) is 5.69 Å². The number of primary amides is 1. The van der Waals surface area contributed by atoms with E-state index in [4.69, 9.17) is 10.3 Å². The molecule has 110 valence electrons. The van der Waals surface area contributed by atoms with E-state index in [1.54, 1.807) is 0 Å². The molecule has 0 bridgehead atoms. The Labute approximate surface area is 123 Å². The second-order valence-corrected chi connectivity index (χ2v) is 5.52. The monoisotopic (exact) mass is 285 g/mol. The van der Waals surface area contributed by atoms with Crippen molar-refractivity contribution in [1.29, 1.82) is 0 Å². The van der Waals surface area contributed by atoms with Crippen LogP contribution in [0.1, 0.15) is 34.3 Å². The molecule has 2 N–H and O–H groups in total. The number of benzene rings is 1. The van der Waals surface area contributed by atoms with Crippen molar-refractivity contribution in [1.82, 2.24) is 10.1 Å². The van der Waals surface area contributed by atoms with Gasteiger partial charge < -0.3 is 15.2 Å². The Kier molecular flexibility index (Phi) is 3.51. The summed E-state index contributed by atoms with van der Waals surface area (Å²) >= 11 is 0. The Bertz CT molecular complexity index is 691. The summed E-state index contributed by atoms with van der Waals surface area (Å²) in [5, 5.41) is 3.83. The van der Waals surface area contributed by atoms with Crippen molar-refractivity contribution in [2.75, 3.05) is 13.6 Å². The van der Waals surface area contributed by atoms with Crippen LogP contribution in [0.4, 0.5) is 0 Å². The fourth-order valence-electron chi connectivity index (χ4n) is 2.88. The molecule has 0 spiro atoms. The Morgan fingerprint density at radius 1 is 1.43 bits per heavy atom. The second kappa shape index (κ2) is 5.33. The van der Waals surface area contributed by atoms with Crippen LogP contribution in [-0.4, -0.2) is 29.6 Å². The molecule has 2 aromatic rings. The molecule has 2 heterocycles. The van der Waals surface area contributed by atoms with Crippen LogP contribution in [0.5, 0.6) is 0 Å². The number of hydrogen-bond donors (Lipinski definition) is 1. The molecule has 0 unspecified atom stereocenters. The summed E-state index contributed by atoms with van der Waals surface area (Å²) in [6.07, 6.45) is 1.69. The minimum atomic E-state index is -0.550. The van der Waals surface area contributed by atoms with Gasteiger partial charge in [0.25, 0.3) is 5.91 Å². The van der Waals surface area contributed by atoms with Crippen LogP contribution in [-0.2, 0) is 19.4 Å². The number of aryl methyl sites for hydroxylation is 1. The summed E-state index contributed by atoms with van der Waals surface area (Å²) in [5.74, 6) is 0.155. The number of nitrogens with two attached hydrogens (primary N) is 1. The van der Waals surface area contributed by atoms with Crippen LogP contribution >= 0.6 is 0 Å². The summed E-state index contributed by atoms with van der Waals surface area (Å²) in [7, 11) is 2.12. The quantitative estimate of drug-likeness (QED) is 0.936. The van der Waals surface area contributed by atoms with Crippen molar-refractivity contribution >= 4 is 5.91 Å². The van der Waals surface area contributed by atoms with E-state index < -0.39 is 5.91 Å². The molecule has 0 aliphatic carbocycles. The van der Waals surface area contributed by atoms with Gasteiger partial charge in [0.05, 0.1) is 5.56 Å². The standard InChI is InChI=1S/C16H19N3O2/c1-3-13-14(15(16(17)20)18-21-13)11-4-5-12-9-19(2)7-6-10(12)8-11/h4-5,8H,3,6-7,9H2,1-2H3,(H2,17,20). The molecule has 1 aliphatic heterocycles. The molecule has 1 amide bonds. The number of hydrogen-bond acceptors (Lipinski definition) is 4. The second-order valence-electron chi connectivity index (χ2n) is 5.52. The number of nitrogens with zero attached hydrogens (tertiary/aromatic N) is 2. The van der Waals surface area contributed by atoms with Crippen molar-refractivity contribution in [3.05, 3.63) is 40.8 Å². The molecule has 0 radical (unpaired) electrons. The van der Waals surface area contributed by atoms with Crippen LogP contribution in [0.2, 0.25) is 0 Å². The van der Waals surface area contributed by atoms with E-state index in [0.717, 1.165) is 30.6 Å². The normalized spacial score (nSPS) is 15.0. The van der Waals surface area contributed by atoms with Gasteiger partial charge >= 0.3 is 0 Å². The van der Waals surface area contributed by atoms with Crippen LogP contribution in [0.3, 0.4) is 0 Å². The van der Waals surface area contributed by atoms with E-state index in [2.05, 4.69) is 29.2 Å². The van der Waals surface area contributed by atoms with Gasteiger partial charge in [-0.25, -0.2) is 0 Å². The number of fused-ring (bicyclic) bond motifs is 1. The van der Waals surface area contributed by atoms with E-state index in [9.17, 15) is 4.79 Å². The Hall–Kier alpha value is -2.14. The van der Waals surface area contributed by atoms with Crippen LogP contribution < -0.4 is 5.73 Å². The smallest absolute Gasteiger partial charge is 0.271 e. The molecular formula is C16H19N3O2. The van der Waals surface area contributed by atoms with Crippen molar-refractivity contribution < 1.29 is 9.32 Å². The van der Waals surface area contributed by atoms with Gasteiger partial charge in [-0.1, -0.05) is 30.3 Å². The van der Waals surface area contributed by atoms with Gasteiger partial charge in [0.2, 0.25) is 0 Å². The van der Waals surface area contributed by atoms with E-state index in [1.807, 2.05) is 13.0 Å². The van der Waals surface area contributed by atoms with Crippen LogP contribution in [0, 0.1) is 0 Å². The SMILES string of the molecule is CCc1onc(C(N)=O)c1-c1ccc2c(c1)CCN(C)C2. The van der Waals surface area contributed by atoms with E-state index >= 15 is 0 Å².